The molecule has 1 aliphatic rings. The highest BCUT2D eigenvalue weighted by Crippen LogP contribution is 2.30. The number of hydrogen-bond donors (Lipinski definition) is 0. The first-order valence-corrected chi connectivity index (χ1v) is 9.73. The van der Waals surface area contributed by atoms with Crippen LogP contribution in [0.15, 0.2) is 42.7 Å². The molecule has 0 bridgehead atoms. The lowest BCUT2D eigenvalue weighted by Gasteiger charge is -2.23. The first-order valence-electron chi connectivity index (χ1n) is 9.35. The van der Waals surface area contributed by atoms with Crippen LogP contribution in [-0.2, 0) is 6.54 Å². The van der Waals surface area contributed by atoms with Crippen molar-refractivity contribution in [1.29, 1.82) is 0 Å². The minimum absolute atomic E-state index is 0.186. The molecule has 28 heavy (non-hydrogen) atoms. The maximum Gasteiger partial charge on any atom is 0.292 e. The highest BCUT2D eigenvalue weighted by Gasteiger charge is 2.22. The molecule has 1 aromatic carbocycles. The van der Waals surface area contributed by atoms with Crippen LogP contribution in [0.1, 0.15) is 17.7 Å². The number of pyridine rings is 1. The molecule has 0 atom stereocenters. The summed E-state index contributed by atoms with van der Waals surface area (Å²) in [6.45, 7) is 5.96. The Morgan fingerprint density at radius 1 is 1.14 bits per heavy atom. The van der Waals surface area contributed by atoms with E-state index in [2.05, 4.69) is 14.8 Å². The summed E-state index contributed by atoms with van der Waals surface area (Å²) in [4.78, 5) is 20.3. The van der Waals surface area contributed by atoms with E-state index in [1.165, 1.54) is 0 Å². The number of aromatic nitrogens is 2. The van der Waals surface area contributed by atoms with E-state index in [1.54, 1.807) is 6.07 Å². The van der Waals surface area contributed by atoms with Gasteiger partial charge < -0.3 is 9.30 Å². The summed E-state index contributed by atoms with van der Waals surface area (Å²) in [6, 6.07) is 9.21. The normalized spacial score (nSPS) is 15.7. The smallest absolute Gasteiger partial charge is 0.292 e. The van der Waals surface area contributed by atoms with E-state index in [0.29, 0.717) is 10.7 Å². The Kier molecular flexibility index (Phi) is 5.19. The molecular formula is C20H22ClN5O2. The van der Waals surface area contributed by atoms with Crippen LogP contribution >= 0.6 is 11.6 Å². The Labute approximate surface area is 168 Å². The van der Waals surface area contributed by atoms with E-state index in [0.717, 1.165) is 56.0 Å². The van der Waals surface area contributed by atoms with Crippen LogP contribution in [0.3, 0.4) is 0 Å². The SMILES string of the molecule is Cc1ccc(N2CCCN(Cc3cn4cc(Cl)ccc4n3)CC2)c([N+](=O)[O-])c1. The second kappa shape index (κ2) is 7.77. The van der Waals surface area contributed by atoms with Gasteiger partial charge in [-0.2, -0.15) is 0 Å². The standard InChI is InChI=1S/C20H22ClN5O2/c1-15-3-5-18(19(11-15)26(27)28)24-8-2-7-23(9-10-24)13-17-14-25-12-16(21)4-6-20(25)22-17/h3-6,11-12,14H,2,7-10,13H2,1H3. The Hall–Kier alpha value is -2.64. The lowest BCUT2D eigenvalue weighted by molar-refractivity contribution is -0.384. The molecule has 1 fully saturated rings. The van der Waals surface area contributed by atoms with E-state index in [9.17, 15) is 10.1 Å². The van der Waals surface area contributed by atoms with Gasteiger partial charge in [-0.05, 0) is 37.1 Å². The second-order valence-corrected chi connectivity index (χ2v) is 7.65. The highest BCUT2D eigenvalue weighted by atomic mass is 35.5. The molecule has 4 rings (SSSR count). The molecule has 0 saturated carbocycles. The molecule has 0 spiro atoms. The van der Waals surface area contributed by atoms with Gasteiger partial charge in [0.15, 0.2) is 0 Å². The Bertz CT molecular complexity index is 1020. The van der Waals surface area contributed by atoms with Crippen LogP contribution in [0.2, 0.25) is 5.02 Å². The van der Waals surface area contributed by atoms with E-state index in [1.807, 2.05) is 48.0 Å². The van der Waals surface area contributed by atoms with Gasteiger partial charge in [-0.25, -0.2) is 4.98 Å². The van der Waals surface area contributed by atoms with Gasteiger partial charge in [-0.1, -0.05) is 17.7 Å². The molecular weight excluding hydrogens is 378 g/mol. The minimum atomic E-state index is -0.285. The van der Waals surface area contributed by atoms with Crippen molar-refractivity contribution in [3.05, 3.63) is 69.1 Å². The van der Waals surface area contributed by atoms with Gasteiger partial charge in [-0.15, -0.1) is 0 Å². The summed E-state index contributed by atoms with van der Waals surface area (Å²) in [7, 11) is 0. The first kappa shape index (κ1) is 18.7. The maximum atomic E-state index is 11.5. The van der Waals surface area contributed by atoms with Crippen molar-refractivity contribution in [2.45, 2.75) is 19.9 Å². The molecule has 1 saturated heterocycles. The van der Waals surface area contributed by atoms with Crippen molar-refractivity contribution < 1.29 is 4.92 Å². The van der Waals surface area contributed by atoms with Crippen LogP contribution in [-0.4, -0.2) is 45.4 Å². The van der Waals surface area contributed by atoms with E-state index >= 15 is 0 Å². The number of nitrogens with zero attached hydrogens (tertiary/aromatic N) is 5. The third-order valence-corrected chi connectivity index (χ3v) is 5.33. The van der Waals surface area contributed by atoms with Crippen molar-refractivity contribution in [1.82, 2.24) is 14.3 Å². The number of fused-ring (bicyclic) bond motifs is 1. The summed E-state index contributed by atoms with van der Waals surface area (Å²) in [6.07, 6.45) is 4.81. The van der Waals surface area contributed by atoms with Crippen molar-refractivity contribution in [2.75, 3.05) is 31.1 Å². The summed E-state index contributed by atoms with van der Waals surface area (Å²) in [5.74, 6) is 0. The fraction of sp³-hybridized carbons (Fsp3) is 0.350. The van der Waals surface area contributed by atoms with Gasteiger partial charge in [-0.3, -0.25) is 15.0 Å². The van der Waals surface area contributed by atoms with Crippen LogP contribution in [0.5, 0.6) is 0 Å². The molecule has 7 nitrogen and oxygen atoms in total. The quantitative estimate of drug-likeness (QED) is 0.491. The zero-order valence-corrected chi connectivity index (χ0v) is 16.5. The van der Waals surface area contributed by atoms with Crippen molar-refractivity contribution >= 4 is 28.6 Å². The predicted molar refractivity (Wildman–Crippen MR) is 110 cm³/mol. The molecule has 0 radical (unpaired) electrons. The largest absolute Gasteiger partial charge is 0.365 e. The van der Waals surface area contributed by atoms with Crippen LogP contribution in [0.25, 0.3) is 5.65 Å². The Morgan fingerprint density at radius 2 is 2.00 bits per heavy atom. The topological polar surface area (TPSA) is 66.9 Å². The fourth-order valence-corrected chi connectivity index (χ4v) is 3.91. The first-order chi connectivity index (χ1) is 13.5. The molecule has 0 aliphatic carbocycles. The second-order valence-electron chi connectivity index (χ2n) is 7.21. The summed E-state index contributed by atoms with van der Waals surface area (Å²) < 4.78 is 1.94. The van der Waals surface area contributed by atoms with Crippen molar-refractivity contribution in [2.24, 2.45) is 0 Å². The molecule has 8 heteroatoms. The molecule has 0 unspecified atom stereocenters. The number of nitro groups is 1. The lowest BCUT2D eigenvalue weighted by Crippen LogP contribution is -2.31. The average molecular weight is 400 g/mol. The maximum absolute atomic E-state index is 11.5. The van der Waals surface area contributed by atoms with Crippen molar-refractivity contribution in [3.8, 4) is 0 Å². The predicted octanol–water partition coefficient (Wildman–Crippen LogP) is 3.92. The zero-order chi connectivity index (χ0) is 19.7. The number of aryl methyl sites for hydroxylation is 1. The summed E-state index contributed by atoms with van der Waals surface area (Å²) in [5.41, 5.74) is 3.67. The van der Waals surface area contributed by atoms with E-state index < -0.39 is 0 Å². The van der Waals surface area contributed by atoms with E-state index in [4.69, 9.17) is 11.6 Å². The molecule has 146 valence electrons. The molecule has 3 heterocycles. The number of imidazole rings is 1. The number of rotatable bonds is 4. The molecule has 1 aliphatic heterocycles. The fourth-order valence-electron chi connectivity index (χ4n) is 3.74. The van der Waals surface area contributed by atoms with Crippen LogP contribution in [0.4, 0.5) is 11.4 Å². The van der Waals surface area contributed by atoms with Crippen LogP contribution < -0.4 is 4.90 Å². The number of anilines is 1. The summed E-state index contributed by atoms with van der Waals surface area (Å²) in [5, 5.41) is 12.1. The number of nitro benzene ring substituents is 1. The van der Waals surface area contributed by atoms with Gasteiger partial charge in [0.1, 0.15) is 11.3 Å². The third-order valence-electron chi connectivity index (χ3n) is 5.11. The highest BCUT2D eigenvalue weighted by molar-refractivity contribution is 6.30. The Balaban J connectivity index is 1.47. The van der Waals surface area contributed by atoms with Crippen LogP contribution in [0, 0.1) is 17.0 Å². The van der Waals surface area contributed by atoms with Gasteiger partial charge >= 0.3 is 0 Å². The van der Waals surface area contributed by atoms with Gasteiger partial charge in [0.2, 0.25) is 0 Å². The zero-order valence-electron chi connectivity index (χ0n) is 15.7. The van der Waals surface area contributed by atoms with Gasteiger partial charge in [0.25, 0.3) is 5.69 Å². The molecule has 0 amide bonds. The minimum Gasteiger partial charge on any atom is -0.365 e. The molecule has 2 aromatic heterocycles. The van der Waals surface area contributed by atoms with Crippen molar-refractivity contribution in [3.63, 3.8) is 0 Å². The molecule has 3 aromatic rings. The monoisotopic (exact) mass is 399 g/mol. The number of halogens is 1. The lowest BCUT2D eigenvalue weighted by atomic mass is 10.1. The Morgan fingerprint density at radius 3 is 2.82 bits per heavy atom. The summed E-state index contributed by atoms with van der Waals surface area (Å²) >= 11 is 6.05. The van der Waals surface area contributed by atoms with E-state index in [-0.39, 0.29) is 10.6 Å². The number of benzene rings is 1. The molecule has 0 N–H and O–H groups in total. The third kappa shape index (κ3) is 3.95. The van der Waals surface area contributed by atoms with Gasteiger partial charge in [0, 0.05) is 51.2 Å². The number of hydrogen-bond acceptors (Lipinski definition) is 5. The van der Waals surface area contributed by atoms with Gasteiger partial charge in [0.05, 0.1) is 15.6 Å². The average Bonchev–Trinajstić information content (AvgIpc) is 2.90.